The van der Waals surface area contributed by atoms with Gasteiger partial charge in [0, 0.05) is 41.7 Å². The molecular formula is C25H26ClN3O3. The number of hydrogen-bond donors (Lipinski definition) is 1. The van der Waals surface area contributed by atoms with Gasteiger partial charge in [0.15, 0.2) is 0 Å². The zero-order valence-corrected chi connectivity index (χ0v) is 18.7. The first-order valence-electron chi connectivity index (χ1n) is 11.2. The number of para-hydroxylation sites is 1. The van der Waals surface area contributed by atoms with Crippen LogP contribution in [0.4, 0.5) is 11.4 Å². The van der Waals surface area contributed by atoms with Gasteiger partial charge in [-0.3, -0.25) is 14.9 Å². The van der Waals surface area contributed by atoms with Crippen LogP contribution in [-0.4, -0.2) is 28.8 Å². The van der Waals surface area contributed by atoms with Crippen LogP contribution in [0.5, 0.6) is 0 Å². The molecule has 1 amide bonds. The number of rotatable bonds is 3. The number of carbonyl (C=O) groups excluding carboxylic acids is 1. The van der Waals surface area contributed by atoms with Crippen LogP contribution in [0.1, 0.15) is 59.6 Å². The molecule has 0 bridgehead atoms. The maximum atomic E-state index is 13.5. The summed E-state index contributed by atoms with van der Waals surface area (Å²) in [5.74, 6) is 1.01. The summed E-state index contributed by atoms with van der Waals surface area (Å²) in [6.07, 6.45) is 7.24. The van der Waals surface area contributed by atoms with E-state index >= 15 is 0 Å². The second-order valence-corrected chi connectivity index (χ2v) is 9.59. The summed E-state index contributed by atoms with van der Waals surface area (Å²) < 4.78 is 0. The molecule has 3 atom stereocenters. The van der Waals surface area contributed by atoms with Crippen LogP contribution < -0.4 is 5.32 Å². The number of nitrogens with zero attached hydrogens (tertiary/aromatic N) is 2. The topological polar surface area (TPSA) is 75.5 Å². The number of nitrogens with one attached hydrogen (secondary N) is 1. The molecule has 2 aliphatic heterocycles. The highest BCUT2D eigenvalue weighted by atomic mass is 35.5. The van der Waals surface area contributed by atoms with E-state index in [1.165, 1.54) is 6.07 Å². The number of allylic oxidation sites excluding steroid dienone is 2. The van der Waals surface area contributed by atoms with Crippen LogP contribution in [0.2, 0.25) is 5.02 Å². The molecule has 1 fully saturated rings. The van der Waals surface area contributed by atoms with Crippen LogP contribution in [0.25, 0.3) is 0 Å². The number of non-ortho nitro benzene ring substituents is 1. The van der Waals surface area contributed by atoms with Gasteiger partial charge in [-0.2, -0.15) is 0 Å². The number of halogens is 1. The van der Waals surface area contributed by atoms with Gasteiger partial charge in [-0.05, 0) is 48.8 Å². The molecule has 0 spiro atoms. The molecule has 7 heteroatoms. The van der Waals surface area contributed by atoms with E-state index < -0.39 is 4.92 Å². The summed E-state index contributed by atoms with van der Waals surface area (Å²) in [5.41, 5.74) is 3.34. The molecule has 0 saturated carbocycles. The minimum absolute atomic E-state index is 0.0197. The van der Waals surface area contributed by atoms with Crippen molar-refractivity contribution in [2.24, 2.45) is 11.8 Å². The van der Waals surface area contributed by atoms with Gasteiger partial charge in [0.25, 0.3) is 11.6 Å². The fourth-order valence-electron chi connectivity index (χ4n) is 5.37. The Morgan fingerprint density at radius 3 is 2.72 bits per heavy atom. The summed E-state index contributed by atoms with van der Waals surface area (Å²) in [7, 11) is 0. The van der Waals surface area contributed by atoms with Crippen LogP contribution in [0, 0.1) is 22.0 Å². The average molecular weight is 452 g/mol. The SMILES string of the molecule is CC1CCN(C(=O)c2cccc3c2NC(c2cc([N+](=O)[O-])ccc2Cl)C2CC=CC32)CC1. The Labute approximate surface area is 192 Å². The monoisotopic (exact) mass is 451 g/mol. The highest BCUT2D eigenvalue weighted by molar-refractivity contribution is 6.31. The lowest BCUT2D eigenvalue weighted by atomic mass is 9.76. The van der Waals surface area contributed by atoms with Crippen LogP contribution in [0.3, 0.4) is 0 Å². The van der Waals surface area contributed by atoms with E-state index in [0.29, 0.717) is 22.1 Å². The van der Waals surface area contributed by atoms with Crippen LogP contribution in [-0.2, 0) is 0 Å². The number of nitro benzene ring substituents is 1. The summed E-state index contributed by atoms with van der Waals surface area (Å²) in [6, 6.07) is 10.3. The molecule has 0 aromatic heterocycles. The smallest absolute Gasteiger partial charge is 0.269 e. The summed E-state index contributed by atoms with van der Waals surface area (Å²) in [6.45, 7) is 3.78. The predicted octanol–water partition coefficient (Wildman–Crippen LogP) is 5.95. The van der Waals surface area contributed by atoms with Crippen molar-refractivity contribution < 1.29 is 9.72 Å². The fraction of sp³-hybridized carbons (Fsp3) is 0.400. The standard InChI is InChI=1S/C25H26ClN3O3/c1-15-10-12-28(13-11-15)25(30)20-7-3-6-18-17-4-2-5-19(17)24(27-23(18)20)21-14-16(29(31)32)8-9-22(21)26/h2-4,6-9,14-15,17,19,24,27H,5,10-13H2,1H3. The van der Waals surface area contributed by atoms with Crippen molar-refractivity contribution in [1.29, 1.82) is 0 Å². The molecule has 1 saturated heterocycles. The summed E-state index contributed by atoms with van der Waals surface area (Å²) in [5, 5.41) is 15.5. The summed E-state index contributed by atoms with van der Waals surface area (Å²) in [4.78, 5) is 26.4. The number of piperidine rings is 1. The zero-order valence-electron chi connectivity index (χ0n) is 18.0. The third-order valence-corrected chi connectivity index (χ3v) is 7.57. The van der Waals surface area contributed by atoms with Crippen molar-refractivity contribution >= 4 is 28.9 Å². The number of fused-ring (bicyclic) bond motifs is 3. The molecule has 1 N–H and O–H groups in total. The van der Waals surface area contributed by atoms with E-state index in [2.05, 4.69) is 30.5 Å². The Morgan fingerprint density at radius 1 is 1.19 bits per heavy atom. The molecule has 3 aliphatic rings. The molecule has 3 unspecified atom stereocenters. The van der Waals surface area contributed by atoms with E-state index in [1.807, 2.05) is 17.0 Å². The normalized spacial score (nSPS) is 24.6. The van der Waals surface area contributed by atoms with E-state index in [9.17, 15) is 14.9 Å². The first-order chi connectivity index (χ1) is 15.4. The van der Waals surface area contributed by atoms with Gasteiger partial charge < -0.3 is 10.2 Å². The van der Waals surface area contributed by atoms with Crippen LogP contribution >= 0.6 is 11.6 Å². The first kappa shape index (κ1) is 21.0. The molecule has 2 heterocycles. The van der Waals surface area contributed by atoms with E-state index in [0.717, 1.165) is 43.6 Å². The number of likely N-dealkylation sites (tertiary alicyclic amines) is 1. The quantitative estimate of drug-likeness (QED) is 0.355. The highest BCUT2D eigenvalue weighted by Gasteiger charge is 2.40. The first-order valence-corrected chi connectivity index (χ1v) is 11.6. The molecule has 32 heavy (non-hydrogen) atoms. The van der Waals surface area contributed by atoms with E-state index in [-0.39, 0.29) is 29.5 Å². The van der Waals surface area contributed by atoms with Gasteiger partial charge in [-0.1, -0.05) is 42.8 Å². The van der Waals surface area contributed by atoms with Crippen molar-refractivity contribution in [3.05, 3.63) is 80.4 Å². The lowest BCUT2D eigenvalue weighted by molar-refractivity contribution is -0.384. The largest absolute Gasteiger partial charge is 0.377 e. The lowest BCUT2D eigenvalue weighted by Crippen LogP contribution is -2.39. The van der Waals surface area contributed by atoms with Crippen molar-refractivity contribution in [2.45, 2.75) is 38.1 Å². The van der Waals surface area contributed by atoms with Gasteiger partial charge in [-0.25, -0.2) is 0 Å². The van der Waals surface area contributed by atoms with Crippen molar-refractivity contribution in [2.75, 3.05) is 18.4 Å². The maximum absolute atomic E-state index is 13.5. The molecule has 1 aliphatic carbocycles. The molecule has 2 aromatic carbocycles. The maximum Gasteiger partial charge on any atom is 0.269 e. The zero-order chi connectivity index (χ0) is 22.4. The van der Waals surface area contributed by atoms with Gasteiger partial charge in [0.05, 0.1) is 22.2 Å². The molecule has 2 aromatic rings. The van der Waals surface area contributed by atoms with E-state index in [1.54, 1.807) is 12.1 Å². The number of hydrogen-bond acceptors (Lipinski definition) is 4. The van der Waals surface area contributed by atoms with Gasteiger partial charge >= 0.3 is 0 Å². The number of benzene rings is 2. The fourth-order valence-corrected chi connectivity index (χ4v) is 5.61. The Balaban J connectivity index is 1.55. The molecule has 6 nitrogen and oxygen atoms in total. The minimum atomic E-state index is -0.396. The van der Waals surface area contributed by atoms with Crippen molar-refractivity contribution in [3.8, 4) is 0 Å². The molecular weight excluding hydrogens is 426 g/mol. The van der Waals surface area contributed by atoms with Crippen molar-refractivity contribution in [1.82, 2.24) is 4.90 Å². The lowest BCUT2D eigenvalue weighted by Gasteiger charge is -2.39. The number of amides is 1. The van der Waals surface area contributed by atoms with Gasteiger partial charge in [0.2, 0.25) is 0 Å². The third-order valence-electron chi connectivity index (χ3n) is 7.22. The molecule has 5 rings (SSSR count). The average Bonchev–Trinajstić information content (AvgIpc) is 3.29. The molecule has 166 valence electrons. The summed E-state index contributed by atoms with van der Waals surface area (Å²) >= 11 is 6.53. The number of carbonyl (C=O) groups is 1. The Bertz CT molecular complexity index is 1110. The molecule has 0 radical (unpaired) electrons. The Morgan fingerprint density at radius 2 is 1.97 bits per heavy atom. The van der Waals surface area contributed by atoms with Gasteiger partial charge in [-0.15, -0.1) is 0 Å². The van der Waals surface area contributed by atoms with E-state index in [4.69, 9.17) is 11.6 Å². The number of nitro groups is 1. The Hall–Kier alpha value is -2.86. The van der Waals surface area contributed by atoms with Crippen LogP contribution in [0.15, 0.2) is 48.6 Å². The van der Waals surface area contributed by atoms with Crippen molar-refractivity contribution in [3.63, 3.8) is 0 Å². The predicted molar refractivity (Wildman–Crippen MR) is 125 cm³/mol. The second-order valence-electron chi connectivity index (χ2n) is 9.18. The van der Waals surface area contributed by atoms with Gasteiger partial charge in [0.1, 0.15) is 0 Å². The third kappa shape index (κ3) is 3.56. The Kier molecular flexibility index (Phi) is 5.41. The minimum Gasteiger partial charge on any atom is -0.377 e. The highest BCUT2D eigenvalue weighted by Crippen LogP contribution is 2.52. The second kappa shape index (κ2) is 8.24. The number of anilines is 1.